The van der Waals surface area contributed by atoms with Gasteiger partial charge >= 0.3 is 0 Å². The van der Waals surface area contributed by atoms with E-state index < -0.39 is 12.0 Å². The Hall–Kier alpha value is -3.38. The first-order valence-electron chi connectivity index (χ1n) is 10.4. The number of anilines is 4. The number of pyridine rings is 1. The summed E-state index contributed by atoms with van der Waals surface area (Å²) in [4.78, 5) is 31.1. The van der Waals surface area contributed by atoms with Crippen molar-refractivity contribution in [2.75, 3.05) is 29.2 Å². The molecule has 0 aromatic carbocycles. The van der Waals surface area contributed by atoms with Crippen LogP contribution < -0.4 is 15.5 Å². The van der Waals surface area contributed by atoms with Crippen LogP contribution in [0.25, 0.3) is 0 Å². The van der Waals surface area contributed by atoms with E-state index in [2.05, 4.69) is 40.8 Å². The van der Waals surface area contributed by atoms with E-state index in [-0.39, 0.29) is 29.2 Å². The van der Waals surface area contributed by atoms with Gasteiger partial charge in [-0.05, 0) is 36.6 Å². The zero-order valence-electron chi connectivity index (χ0n) is 17.6. The molecule has 3 aromatic heterocycles. The Labute approximate surface area is 193 Å². The van der Waals surface area contributed by atoms with Crippen molar-refractivity contribution in [3.8, 4) is 0 Å². The largest absolute Gasteiger partial charge is 0.380 e. The molecule has 1 amide bonds. The average molecular weight is 474 g/mol. The van der Waals surface area contributed by atoms with Gasteiger partial charge in [-0.3, -0.25) is 9.89 Å². The highest BCUT2D eigenvalue weighted by atomic mass is 35.5. The minimum Gasteiger partial charge on any atom is -0.380 e. The summed E-state index contributed by atoms with van der Waals surface area (Å²) in [6.07, 6.45) is 3.72. The summed E-state index contributed by atoms with van der Waals surface area (Å²) in [6, 6.07) is 3.89. The highest BCUT2D eigenvalue weighted by Crippen LogP contribution is 2.39. The number of amides is 1. The molecule has 5 rings (SSSR count). The van der Waals surface area contributed by atoms with E-state index in [1.807, 2.05) is 6.07 Å². The fourth-order valence-corrected chi connectivity index (χ4v) is 3.90. The third kappa shape index (κ3) is 4.86. The molecular weight excluding hydrogens is 453 g/mol. The van der Waals surface area contributed by atoms with E-state index in [9.17, 15) is 9.18 Å². The molecule has 172 valence electrons. The Morgan fingerprint density at radius 2 is 2.15 bits per heavy atom. The third-order valence-electron chi connectivity index (χ3n) is 5.59. The molecule has 13 heteroatoms. The maximum atomic E-state index is 13.1. The summed E-state index contributed by atoms with van der Waals surface area (Å²) < 4.78 is 18.6. The number of carbonyl (C=O) groups excluding carboxylic acids is 1. The number of H-pyrrole nitrogens is 1. The Balaban J connectivity index is 1.36. The Morgan fingerprint density at radius 1 is 1.30 bits per heavy atom. The van der Waals surface area contributed by atoms with Crippen molar-refractivity contribution in [2.45, 2.75) is 37.3 Å². The highest BCUT2D eigenvalue weighted by Gasteiger charge is 2.39. The van der Waals surface area contributed by atoms with E-state index in [4.69, 9.17) is 16.3 Å². The zero-order chi connectivity index (χ0) is 22.9. The van der Waals surface area contributed by atoms with Crippen molar-refractivity contribution >= 4 is 40.9 Å². The third-order valence-corrected chi connectivity index (χ3v) is 5.76. The van der Waals surface area contributed by atoms with Gasteiger partial charge in [0.2, 0.25) is 29.0 Å². The fourth-order valence-electron chi connectivity index (χ4n) is 3.75. The van der Waals surface area contributed by atoms with Crippen molar-refractivity contribution in [1.29, 1.82) is 0 Å². The summed E-state index contributed by atoms with van der Waals surface area (Å²) in [7, 11) is 1.58. The maximum Gasteiger partial charge on any atom is 0.247 e. The molecule has 1 saturated carbocycles. The van der Waals surface area contributed by atoms with Crippen LogP contribution in [-0.2, 0) is 9.53 Å². The second kappa shape index (κ2) is 8.87. The van der Waals surface area contributed by atoms with Gasteiger partial charge in [0.25, 0.3) is 0 Å². The van der Waals surface area contributed by atoms with Crippen LogP contribution in [0.5, 0.6) is 0 Å². The molecule has 0 unspecified atom stereocenters. The first-order valence-corrected chi connectivity index (χ1v) is 10.8. The van der Waals surface area contributed by atoms with E-state index in [0.29, 0.717) is 30.4 Å². The number of hydrogen-bond donors (Lipinski definition) is 3. The summed E-state index contributed by atoms with van der Waals surface area (Å²) in [5, 5.41) is 13.0. The number of methoxy groups -OCH3 is 1. The van der Waals surface area contributed by atoms with Crippen molar-refractivity contribution in [2.24, 2.45) is 0 Å². The molecule has 1 aliphatic heterocycles. The minimum absolute atomic E-state index is 0.0211. The monoisotopic (exact) mass is 473 g/mol. The van der Waals surface area contributed by atoms with Crippen molar-refractivity contribution in [3.05, 3.63) is 41.3 Å². The fraction of sp³-hybridized carbons (Fsp3) is 0.400. The molecule has 1 saturated heterocycles. The topological polar surface area (TPSA) is 134 Å². The number of aromatic nitrogens is 6. The van der Waals surface area contributed by atoms with Gasteiger partial charge in [-0.1, -0.05) is 0 Å². The van der Waals surface area contributed by atoms with Gasteiger partial charge in [-0.25, -0.2) is 4.98 Å². The molecule has 0 bridgehead atoms. The van der Waals surface area contributed by atoms with Gasteiger partial charge in [0.15, 0.2) is 0 Å². The Kier molecular flexibility index (Phi) is 5.77. The minimum atomic E-state index is -0.639. The summed E-state index contributed by atoms with van der Waals surface area (Å²) in [5.41, 5.74) is 1.37. The van der Waals surface area contributed by atoms with Crippen LogP contribution in [0.3, 0.4) is 0 Å². The van der Waals surface area contributed by atoms with Crippen LogP contribution >= 0.6 is 11.6 Å². The molecule has 3 aromatic rings. The number of aromatic amines is 1. The molecular formula is C20H21ClFN9O2. The van der Waals surface area contributed by atoms with Crippen molar-refractivity contribution < 1.29 is 13.9 Å². The normalized spacial score (nSPS) is 20.2. The predicted molar refractivity (Wildman–Crippen MR) is 118 cm³/mol. The Bertz CT molecular complexity index is 1150. The molecule has 4 heterocycles. The van der Waals surface area contributed by atoms with Gasteiger partial charge in [-0.2, -0.15) is 24.4 Å². The lowest BCUT2D eigenvalue weighted by Gasteiger charge is -2.23. The highest BCUT2D eigenvalue weighted by molar-refractivity contribution is 6.28. The maximum absolute atomic E-state index is 13.1. The molecule has 0 radical (unpaired) electrons. The van der Waals surface area contributed by atoms with Crippen LogP contribution in [-0.4, -0.2) is 61.8 Å². The lowest BCUT2D eigenvalue weighted by atomic mass is 10.2. The molecule has 2 aliphatic rings. The van der Waals surface area contributed by atoms with Gasteiger partial charge in [-0.15, -0.1) is 0 Å². The number of rotatable bonds is 7. The molecule has 33 heavy (non-hydrogen) atoms. The molecule has 2 fully saturated rings. The number of hydrogen-bond acceptors (Lipinski definition) is 9. The first-order chi connectivity index (χ1) is 16.0. The van der Waals surface area contributed by atoms with Crippen LogP contribution in [0.15, 0.2) is 24.4 Å². The number of ether oxygens (including phenoxy) is 1. The summed E-state index contributed by atoms with van der Waals surface area (Å²) in [6.45, 7) is 0.381. The smallest absolute Gasteiger partial charge is 0.247 e. The summed E-state index contributed by atoms with van der Waals surface area (Å²) in [5.74, 6) is 0.642. The van der Waals surface area contributed by atoms with Gasteiger partial charge in [0.05, 0.1) is 23.7 Å². The number of nitrogens with one attached hydrogen (secondary N) is 3. The number of carbonyl (C=O) groups is 1. The van der Waals surface area contributed by atoms with E-state index >= 15 is 0 Å². The first kappa shape index (κ1) is 21.5. The average Bonchev–Trinajstić information content (AvgIpc) is 3.38. The van der Waals surface area contributed by atoms with Gasteiger partial charge in [0.1, 0.15) is 11.9 Å². The lowest BCUT2D eigenvalue weighted by Crippen LogP contribution is -2.40. The van der Waals surface area contributed by atoms with Crippen LogP contribution in [0, 0.1) is 5.95 Å². The van der Waals surface area contributed by atoms with E-state index in [0.717, 1.165) is 18.5 Å². The molecule has 0 spiro atoms. The number of nitrogens with zero attached hydrogens (tertiary/aromatic N) is 6. The van der Waals surface area contributed by atoms with Crippen molar-refractivity contribution in [3.63, 3.8) is 0 Å². The molecule has 2 atom stereocenters. The molecule has 11 nitrogen and oxygen atoms in total. The van der Waals surface area contributed by atoms with E-state index in [1.54, 1.807) is 12.0 Å². The number of halogens is 2. The van der Waals surface area contributed by atoms with Crippen LogP contribution in [0.2, 0.25) is 5.28 Å². The molecule has 1 aliphatic carbocycles. The predicted octanol–water partition coefficient (Wildman–Crippen LogP) is 2.64. The molecule has 3 N–H and O–H groups in total. The quantitative estimate of drug-likeness (QED) is 0.442. The van der Waals surface area contributed by atoms with Crippen LogP contribution in [0.1, 0.15) is 30.9 Å². The summed E-state index contributed by atoms with van der Waals surface area (Å²) >= 11 is 6.17. The van der Waals surface area contributed by atoms with Crippen LogP contribution in [0.4, 0.5) is 27.8 Å². The van der Waals surface area contributed by atoms with Gasteiger partial charge < -0.3 is 20.3 Å². The lowest BCUT2D eigenvalue weighted by molar-refractivity contribution is -0.117. The standard InChI is InChI=1S/C20H21ClFN9O2/c1-33-12-6-14(17(32)24-11-4-5-15(22)23-8-11)31(9-12)20-27-18(21)26-19(28-20)25-16-7-13(29-30-16)10-2-3-10/h4-5,7-8,10,12,14H,2-3,6,9H2,1H3,(H,24,32)(H2,25,26,27,28,29,30)/t12-,14-/m0/s1. The van der Waals surface area contributed by atoms with Gasteiger partial charge in [0, 0.05) is 32.1 Å². The second-order valence-corrected chi connectivity index (χ2v) is 8.29. The SMILES string of the molecule is CO[C@H]1C[C@@H](C(=O)Nc2ccc(F)nc2)N(c2nc(Cl)nc(Nc3cc(C4CC4)n[nH]3)n2)C1. The van der Waals surface area contributed by atoms with E-state index in [1.165, 1.54) is 18.3 Å². The second-order valence-electron chi connectivity index (χ2n) is 7.95. The van der Waals surface area contributed by atoms with Crippen molar-refractivity contribution in [1.82, 2.24) is 30.1 Å². The zero-order valence-corrected chi connectivity index (χ0v) is 18.4. The Morgan fingerprint density at radius 3 is 2.88 bits per heavy atom.